The van der Waals surface area contributed by atoms with E-state index in [1.54, 1.807) is 32.0 Å². The van der Waals surface area contributed by atoms with Crippen LogP contribution in [-0.4, -0.2) is 63.9 Å². The molecule has 40 heavy (non-hydrogen) atoms. The van der Waals surface area contributed by atoms with Gasteiger partial charge in [-0.2, -0.15) is 0 Å². The molecule has 0 aliphatic carbocycles. The van der Waals surface area contributed by atoms with E-state index in [0.29, 0.717) is 18.4 Å². The maximum absolute atomic E-state index is 13.6. The second kappa shape index (κ2) is 14.3. The topological polar surface area (TPSA) is 127 Å². The van der Waals surface area contributed by atoms with Gasteiger partial charge in [0.25, 0.3) is 0 Å². The summed E-state index contributed by atoms with van der Waals surface area (Å²) in [6, 6.07) is 6.56. The Bertz CT molecular complexity index is 1140. The number of aliphatic hydroxyl groups is 1. The van der Waals surface area contributed by atoms with Crippen molar-refractivity contribution in [2.75, 3.05) is 6.61 Å². The normalized spacial score (nSPS) is 18.3. The molecule has 0 unspecified atom stereocenters. The minimum absolute atomic E-state index is 0.0932. The lowest BCUT2D eigenvalue weighted by Gasteiger charge is -2.33. The SMILES string of the molecule is CC(=O)O[C@@H](C(=O)C=C(C(=O)CCCCCCO)c1cccc(C)c1)[C@@H](C)C(=O)N1C(=O)OC(C)(C)[C@H]1C(C)C. The number of carbonyl (C=O) groups excluding carboxylic acids is 5. The van der Waals surface area contributed by atoms with Gasteiger partial charge in [-0.05, 0) is 58.1 Å². The fourth-order valence-electron chi connectivity index (χ4n) is 5.27. The maximum atomic E-state index is 13.6. The molecular formula is C31H43NO8. The monoisotopic (exact) mass is 557 g/mol. The molecule has 1 saturated heterocycles. The van der Waals surface area contributed by atoms with Gasteiger partial charge in [0.05, 0.1) is 12.0 Å². The molecule has 0 spiro atoms. The van der Waals surface area contributed by atoms with Crippen molar-refractivity contribution >= 4 is 35.1 Å². The summed E-state index contributed by atoms with van der Waals surface area (Å²) < 4.78 is 10.8. The lowest BCUT2D eigenvalue weighted by atomic mass is 9.87. The number of rotatable bonds is 14. The van der Waals surface area contributed by atoms with Crippen LogP contribution in [0.5, 0.6) is 0 Å². The van der Waals surface area contributed by atoms with E-state index < -0.39 is 47.4 Å². The van der Waals surface area contributed by atoms with Crippen molar-refractivity contribution in [3.8, 4) is 0 Å². The number of allylic oxidation sites excluding steroid dienone is 1. The summed E-state index contributed by atoms with van der Waals surface area (Å²) in [5, 5.41) is 8.98. The highest BCUT2D eigenvalue weighted by atomic mass is 16.6. The Morgan fingerprint density at radius 3 is 2.33 bits per heavy atom. The second-order valence-electron chi connectivity index (χ2n) is 11.3. The minimum Gasteiger partial charge on any atom is -0.453 e. The predicted octanol–water partition coefficient (Wildman–Crippen LogP) is 4.81. The van der Waals surface area contributed by atoms with Crippen LogP contribution in [0.2, 0.25) is 0 Å². The number of unbranched alkanes of at least 4 members (excludes halogenated alkanes) is 3. The number of imide groups is 1. The number of esters is 1. The molecule has 1 heterocycles. The third-order valence-electron chi connectivity index (χ3n) is 7.05. The van der Waals surface area contributed by atoms with Gasteiger partial charge in [-0.1, -0.05) is 56.5 Å². The van der Waals surface area contributed by atoms with Crippen molar-refractivity contribution in [2.45, 2.75) is 98.3 Å². The van der Waals surface area contributed by atoms with E-state index in [0.717, 1.165) is 36.3 Å². The van der Waals surface area contributed by atoms with Gasteiger partial charge in [0.15, 0.2) is 17.7 Å². The van der Waals surface area contributed by atoms with Gasteiger partial charge in [-0.3, -0.25) is 19.2 Å². The zero-order valence-electron chi connectivity index (χ0n) is 24.7. The fourth-order valence-corrected chi connectivity index (χ4v) is 5.27. The molecule has 1 N–H and O–H groups in total. The molecule has 1 aromatic carbocycles. The van der Waals surface area contributed by atoms with E-state index >= 15 is 0 Å². The highest BCUT2D eigenvalue weighted by molar-refractivity contribution is 6.25. The van der Waals surface area contributed by atoms with Gasteiger partial charge >= 0.3 is 12.1 Å². The van der Waals surface area contributed by atoms with E-state index in [1.165, 1.54) is 6.92 Å². The third-order valence-corrected chi connectivity index (χ3v) is 7.05. The molecule has 2 rings (SSSR count). The summed E-state index contributed by atoms with van der Waals surface area (Å²) >= 11 is 0. The van der Waals surface area contributed by atoms with Crippen LogP contribution in [-0.2, 0) is 28.7 Å². The van der Waals surface area contributed by atoms with Gasteiger partial charge in [0.2, 0.25) is 5.91 Å². The van der Waals surface area contributed by atoms with E-state index in [2.05, 4.69) is 0 Å². The number of aliphatic hydroxyl groups excluding tert-OH is 1. The maximum Gasteiger partial charge on any atom is 0.417 e. The molecule has 0 aromatic heterocycles. The van der Waals surface area contributed by atoms with Gasteiger partial charge in [-0.15, -0.1) is 0 Å². The number of amides is 2. The summed E-state index contributed by atoms with van der Waals surface area (Å²) in [5.41, 5.74) is 0.652. The molecule has 1 aromatic rings. The average Bonchev–Trinajstić information content (AvgIpc) is 3.12. The number of hydrogen-bond donors (Lipinski definition) is 1. The van der Waals surface area contributed by atoms with Crippen molar-refractivity contribution in [2.24, 2.45) is 11.8 Å². The lowest BCUT2D eigenvalue weighted by Crippen LogP contribution is -2.52. The molecular weight excluding hydrogens is 514 g/mol. The number of carbonyl (C=O) groups is 5. The highest BCUT2D eigenvalue weighted by Crippen LogP contribution is 2.35. The first kappa shape index (κ1) is 32.9. The summed E-state index contributed by atoms with van der Waals surface area (Å²) in [6.07, 6.45) is 1.75. The summed E-state index contributed by atoms with van der Waals surface area (Å²) in [7, 11) is 0. The fraction of sp³-hybridized carbons (Fsp3) is 0.581. The number of ether oxygens (including phenoxy) is 2. The van der Waals surface area contributed by atoms with Gasteiger partial charge in [-0.25, -0.2) is 9.69 Å². The molecule has 9 heteroatoms. The summed E-state index contributed by atoms with van der Waals surface area (Å²) in [6.45, 7) is 11.7. The molecule has 2 amide bonds. The molecule has 1 aliphatic heterocycles. The smallest absolute Gasteiger partial charge is 0.417 e. The van der Waals surface area contributed by atoms with E-state index in [4.69, 9.17) is 14.6 Å². The van der Waals surface area contributed by atoms with E-state index in [9.17, 15) is 24.0 Å². The Hall–Kier alpha value is -3.33. The number of nitrogens with zero attached hydrogens (tertiary/aromatic N) is 1. The van der Waals surface area contributed by atoms with Crippen LogP contribution >= 0.6 is 0 Å². The number of Topliss-reactive ketones (excluding diaryl/α,β-unsaturated/α-hetero) is 1. The van der Waals surface area contributed by atoms with Crippen molar-refractivity contribution in [1.82, 2.24) is 4.90 Å². The zero-order chi connectivity index (χ0) is 30.2. The quantitative estimate of drug-likeness (QED) is 0.196. The van der Waals surface area contributed by atoms with Crippen molar-refractivity contribution < 1.29 is 38.6 Å². The predicted molar refractivity (Wildman–Crippen MR) is 150 cm³/mol. The first-order chi connectivity index (χ1) is 18.7. The lowest BCUT2D eigenvalue weighted by molar-refractivity contribution is -0.158. The number of aryl methyl sites for hydroxylation is 1. The largest absolute Gasteiger partial charge is 0.453 e. The molecule has 0 bridgehead atoms. The molecule has 3 atom stereocenters. The van der Waals surface area contributed by atoms with Crippen LogP contribution < -0.4 is 0 Å². The van der Waals surface area contributed by atoms with Crippen molar-refractivity contribution in [3.63, 3.8) is 0 Å². The number of benzene rings is 1. The van der Waals surface area contributed by atoms with Gasteiger partial charge < -0.3 is 14.6 Å². The molecule has 1 aliphatic rings. The van der Waals surface area contributed by atoms with Crippen LogP contribution in [0.4, 0.5) is 4.79 Å². The third kappa shape index (κ3) is 8.34. The standard InChI is InChI=1S/C31H43NO8/c1-19(2)28-31(6,7)40-30(38)32(28)29(37)21(4)27(39-22(5)34)26(36)18-24(23-14-12-13-20(3)17-23)25(35)15-10-8-9-11-16-33/h12-14,17-19,21,27-28,33H,8-11,15-16H2,1-7H3/t21-,27-,28-/m1/s1. The van der Waals surface area contributed by atoms with Crippen LogP contribution in [0, 0.1) is 18.8 Å². The summed E-state index contributed by atoms with van der Waals surface area (Å²) in [5.74, 6) is -3.81. The molecule has 0 saturated carbocycles. The van der Waals surface area contributed by atoms with Crippen LogP contribution in [0.1, 0.15) is 84.8 Å². The Labute approximate surface area is 236 Å². The Balaban J connectivity index is 2.43. The summed E-state index contributed by atoms with van der Waals surface area (Å²) in [4.78, 5) is 66.3. The molecule has 9 nitrogen and oxygen atoms in total. The highest BCUT2D eigenvalue weighted by Gasteiger charge is 2.53. The Morgan fingerprint density at radius 1 is 1.10 bits per heavy atom. The van der Waals surface area contributed by atoms with Crippen molar-refractivity contribution in [3.05, 3.63) is 41.5 Å². The number of cyclic esters (lactones) is 1. The van der Waals surface area contributed by atoms with E-state index in [-0.39, 0.29) is 30.3 Å². The van der Waals surface area contributed by atoms with Crippen LogP contribution in [0.3, 0.4) is 0 Å². The second-order valence-corrected chi connectivity index (χ2v) is 11.3. The molecule has 220 valence electrons. The number of hydrogen-bond acceptors (Lipinski definition) is 8. The van der Waals surface area contributed by atoms with Crippen LogP contribution in [0.25, 0.3) is 5.57 Å². The molecule has 1 fully saturated rings. The van der Waals surface area contributed by atoms with Gasteiger partial charge in [0.1, 0.15) is 5.60 Å². The van der Waals surface area contributed by atoms with Gasteiger partial charge in [0, 0.05) is 25.5 Å². The zero-order valence-corrected chi connectivity index (χ0v) is 24.7. The van der Waals surface area contributed by atoms with E-state index in [1.807, 2.05) is 26.8 Å². The Morgan fingerprint density at radius 2 is 1.75 bits per heavy atom. The first-order valence-electron chi connectivity index (χ1n) is 13.9. The Kier molecular flexibility index (Phi) is 11.8. The first-order valence-corrected chi connectivity index (χ1v) is 13.9. The minimum atomic E-state index is -1.55. The molecule has 0 radical (unpaired) electrons. The average molecular weight is 558 g/mol. The number of ketones is 2. The van der Waals surface area contributed by atoms with Crippen LogP contribution in [0.15, 0.2) is 30.3 Å². The van der Waals surface area contributed by atoms with Crippen molar-refractivity contribution in [1.29, 1.82) is 0 Å².